The third kappa shape index (κ3) is 8.75. The zero-order valence-corrected chi connectivity index (χ0v) is 49.5. The van der Waals surface area contributed by atoms with E-state index < -0.39 is 0 Å². The van der Waals surface area contributed by atoms with E-state index in [1.54, 1.807) is 22.3 Å². The number of benzene rings is 12. The molecule has 0 aliphatic heterocycles. The molecule has 2 aliphatic rings. The Kier molecular flexibility index (Phi) is 14.2. The number of hydrogen-bond acceptors (Lipinski definition) is 0. The van der Waals surface area contributed by atoms with Crippen molar-refractivity contribution in [1.82, 2.24) is 0 Å². The molecule has 0 nitrogen and oxygen atoms in total. The van der Waals surface area contributed by atoms with Gasteiger partial charge in [0, 0.05) is 10.8 Å². The maximum absolute atomic E-state index is 2.71. The van der Waals surface area contributed by atoms with Gasteiger partial charge in [-0.1, -0.05) is 288 Å². The summed E-state index contributed by atoms with van der Waals surface area (Å²) in [7, 11) is 0. The van der Waals surface area contributed by atoms with Gasteiger partial charge in [0.15, 0.2) is 0 Å². The van der Waals surface area contributed by atoms with Gasteiger partial charge in [-0.05, 0) is 192 Å². The first-order chi connectivity index (χ1) is 40.5. The molecule has 0 saturated carbocycles. The second kappa shape index (κ2) is 22.1. The van der Waals surface area contributed by atoms with Gasteiger partial charge >= 0.3 is 0 Å². The number of rotatable bonds is 23. The molecule has 0 fully saturated rings. The summed E-state index contributed by atoms with van der Waals surface area (Å²) in [6.07, 6.45) is 25.1. The molecule has 12 aromatic carbocycles. The molecule has 0 N–H and O–H groups in total. The van der Waals surface area contributed by atoms with Crippen molar-refractivity contribution in [1.29, 1.82) is 0 Å². The number of unbranched alkanes of at least 4 members (excludes halogenated alkanes) is 12. The highest BCUT2D eigenvalue weighted by molar-refractivity contribution is 6.26. The average Bonchev–Trinajstić information content (AvgIpc) is 2.16. The van der Waals surface area contributed by atoms with Crippen LogP contribution in [-0.2, 0) is 10.8 Å². The lowest BCUT2D eigenvalue weighted by Gasteiger charge is -2.34. The molecule has 0 spiro atoms. The molecule has 0 aromatic heterocycles. The normalized spacial score (nSPS) is 14.0. The summed E-state index contributed by atoms with van der Waals surface area (Å²) in [6.45, 7) is 9.46. The van der Waals surface area contributed by atoms with E-state index >= 15 is 0 Å². The molecule has 82 heavy (non-hydrogen) atoms. The summed E-state index contributed by atoms with van der Waals surface area (Å²) in [5.74, 6) is 0. The summed E-state index contributed by atoms with van der Waals surface area (Å²) in [6, 6.07) is 72.8. The van der Waals surface area contributed by atoms with Crippen molar-refractivity contribution in [2.24, 2.45) is 0 Å². The molecular formula is C82H82. The predicted molar refractivity (Wildman–Crippen MR) is 358 cm³/mol. The largest absolute Gasteiger partial charge is 0.0654 e. The molecule has 14 rings (SSSR count). The predicted octanol–water partition coefficient (Wildman–Crippen LogP) is 24.9. The maximum Gasteiger partial charge on any atom is 0.0215 e. The summed E-state index contributed by atoms with van der Waals surface area (Å²) in [5, 5.41) is 16.3. The van der Waals surface area contributed by atoms with Crippen LogP contribution in [0.1, 0.15) is 178 Å². The molecule has 0 amide bonds. The monoisotopic (exact) mass is 1070 g/mol. The average molecular weight is 1070 g/mol. The van der Waals surface area contributed by atoms with Gasteiger partial charge in [-0.2, -0.15) is 0 Å². The van der Waals surface area contributed by atoms with E-state index in [4.69, 9.17) is 0 Å². The molecule has 2 aliphatic carbocycles. The zero-order valence-electron chi connectivity index (χ0n) is 49.5. The molecule has 12 aromatic rings. The Morgan fingerprint density at radius 1 is 0.232 bits per heavy atom. The van der Waals surface area contributed by atoms with Crippen LogP contribution in [0.15, 0.2) is 182 Å². The summed E-state index contributed by atoms with van der Waals surface area (Å²) < 4.78 is 0. The van der Waals surface area contributed by atoms with Gasteiger partial charge in [-0.15, -0.1) is 0 Å². The fraction of sp³-hybridized carbons (Fsp3) is 0.317. The van der Waals surface area contributed by atoms with E-state index in [9.17, 15) is 0 Å². The van der Waals surface area contributed by atoms with Crippen molar-refractivity contribution in [3.63, 3.8) is 0 Å². The van der Waals surface area contributed by atoms with Crippen molar-refractivity contribution >= 4 is 64.6 Å². The van der Waals surface area contributed by atoms with Gasteiger partial charge in [0.25, 0.3) is 0 Å². The fourth-order valence-corrected chi connectivity index (χ4v) is 16.4. The lowest BCUT2D eigenvalue weighted by Crippen LogP contribution is -2.26. The Morgan fingerprint density at radius 2 is 0.500 bits per heavy atom. The van der Waals surface area contributed by atoms with Crippen molar-refractivity contribution in [3.8, 4) is 55.6 Å². The molecule has 0 heterocycles. The Hall–Kier alpha value is -7.28. The van der Waals surface area contributed by atoms with Crippen molar-refractivity contribution in [3.05, 3.63) is 204 Å². The Balaban J connectivity index is 0.907. The Morgan fingerprint density at radius 3 is 0.829 bits per heavy atom. The van der Waals surface area contributed by atoms with Crippen LogP contribution < -0.4 is 0 Å². The van der Waals surface area contributed by atoms with Gasteiger partial charge in [0.05, 0.1) is 0 Å². The minimum Gasteiger partial charge on any atom is -0.0654 e. The first-order valence-corrected chi connectivity index (χ1v) is 32.4. The standard InChI is InChI=1S/C82H82/c1-5-9-13-17-47-81(48-18-14-10-6-2)73-51-61(35-41-67(73)69-43-37-63(53-75(69)81)65-39-31-59-29-27-55-23-21-25-57-33-45-71(65)79(59)77(55)57)62-36-42-68-70-44-38-64(54-76(70)82(74(68)52-62,49-19-15-11-7-3)50-20-16-12-8-4)66-40-32-60-30-28-56-24-22-26-58-34-46-72(66)80(60)78(56)58/h21-46,51-54H,5-20,47-50H2,1-4H3. The smallest absolute Gasteiger partial charge is 0.0215 e. The van der Waals surface area contributed by atoms with Crippen molar-refractivity contribution in [2.45, 2.75) is 167 Å². The highest BCUT2D eigenvalue weighted by Gasteiger charge is 2.45. The minimum atomic E-state index is -0.0568. The van der Waals surface area contributed by atoms with Crippen LogP contribution in [0, 0.1) is 0 Å². The van der Waals surface area contributed by atoms with E-state index in [-0.39, 0.29) is 10.8 Å². The quantitative estimate of drug-likeness (QED) is 0.0442. The van der Waals surface area contributed by atoms with Crippen LogP contribution in [0.2, 0.25) is 0 Å². The lowest BCUT2D eigenvalue weighted by molar-refractivity contribution is 0.401. The topological polar surface area (TPSA) is 0 Å². The van der Waals surface area contributed by atoms with E-state index in [0.29, 0.717) is 0 Å². The molecule has 410 valence electrons. The van der Waals surface area contributed by atoms with Crippen LogP contribution in [0.25, 0.3) is 120 Å². The number of fused-ring (bicyclic) bond motifs is 6. The van der Waals surface area contributed by atoms with Crippen LogP contribution in [0.4, 0.5) is 0 Å². The van der Waals surface area contributed by atoms with Gasteiger partial charge in [-0.3, -0.25) is 0 Å². The molecule has 0 atom stereocenters. The maximum atomic E-state index is 2.71. The van der Waals surface area contributed by atoms with Crippen LogP contribution in [-0.4, -0.2) is 0 Å². The molecule has 0 saturated heterocycles. The van der Waals surface area contributed by atoms with Gasteiger partial charge < -0.3 is 0 Å². The van der Waals surface area contributed by atoms with E-state index in [0.717, 1.165) is 0 Å². The highest BCUT2D eigenvalue weighted by atomic mass is 14.5. The molecule has 0 radical (unpaired) electrons. The first-order valence-electron chi connectivity index (χ1n) is 32.4. The SMILES string of the molecule is CCCCCCC1(CCCCCC)c2cc(-c3ccc4c(c3)C(CCCCCC)(CCCCCC)c3cc(-c5ccc6ccc7cccc8ccc5c6c78)ccc3-4)ccc2-c2ccc(-c3ccc4ccc5cccc6ccc3c4c56)cc21. The molecular weight excluding hydrogens is 985 g/mol. The van der Waals surface area contributed by atoms with E-state index in [1.165, 1.54) is 249 Å². The Labute approximate surface area is 488 Å². The van der Waals surface area contributed by atoms with Gasteiger partial charge in [-0.25, -0.2) is 0 Å². The van der Waals surface area contributed by atoms with Crippen molar-refractivity contribution < 1.29 is 0 Å². The van der Waals surface area contributed by atoms with Crippen LogP contribution in [0.3, 0.4) is 0 Å². The molecule has 0 unspecified atom stereocenters. The fourth-order valence-electron chi connectivity index (χ4n) is 16.4. The van der Waals surface area contributed by atoms with Crippen molar-refractivity contribution in [2.75, 3.05) is 0 Å². The number of hydrogen-bond donors (Lipinski definition) is 0. The Bertz CT molecular complexity index is 3960. The summed E-state index contributed by atoms with van der Waals surface area (Å²) in [5.41, 5.74) is 20.2. The van der Waals surface area contributed by atoms with E-state index in [2.05, 4.69) is 210 Å². The van der Waals surface area contributed by atoms with Gasteiger partial charge in [0.2, 0.25) is 0 Å². The highest BCUT2D eigenvalue weighted by Crippen LogP contribution is 2.59. The van der Waals surface area contributed by atoms with Gasteiger partial charge in [0.1, 0.15) is 0 Å². The third-order valence-electron chi connectivity index (χ3n) is 20.6. The first kappa shape index (κ1) is 52.8. The third-order valence-corrected chi connectivity index (χ3v) is 20.6. The lowest BCUT2D eigenvalue weighted by atomic mass is 9.69. The van der Waals surface area contributed by atoms with E-state index in [1.807, 2.05) is 0 Å². The molecule has 0 bridgehead atoms. The minimum absolute atomic E-state index is 0.0568. The zero-order chi connectivity index (χ0) is 55.4. The summed E-state index contributed by atoms with van der Waals surface area (Å²) >= 11 is 0. The second-order valence-electron chi connectivity index (χ2n) is 25.4. The van der Waals surface area contributed by atoms with Crippen LogP contribution in [0.5, 0.6) is 0 Å². The molecule has 0 heteroatoms. The summed E-state index contributed by atoms with van der Waals surface area (Å²) in [4.78, 5) is 0. The van der Waals surface area contributed by atoms with Crippen LogP contribution >= 0.6 is 0 Å². The second-order valence-corrected chi connectivity index (χ2v) is 25.4.